The number of nitrogens with zero attached hydrogens (tertiary/aromatic N) is 2. The minimum atomic E-state index is -0.900. The number of pyridine rings is 1. The fourth-order valence-electron chi connectivity index (χ4n) is 4.83. The highest BCUT2D eigenvalue weighted by Crippen LogP contribution is 2.38. The molecule has 0 unspecified atom stereocenters. The van der Waals surface area contributed by atoms with Crippen molar-refractivity contribution in [3.8, 4) is 5.75 Å². The predicted molar refractivity (Wildman–Crippen MR) is 120 cm³/mol. The van der Waals surface area contributed by atoms with Gasteiger partial charge in [0.1, 0.15) is 11.4 Å². The molecule has 2 amide bonds. The molecule has 1 aliphatic carbocycles. The number of amides is 2. The quantitative estimate of drug-likeness (QED) is 0.662. The van der Waals surface area contributed by atoms with E-state index in [2.05, 4.69) is 11.9 Å². The monoisotopic (exact) mass is 457 g/mol. The lowest BCUT2D eigenvalue weighted by molar-refractivity contribution is -0.149. The Morgan fingerprint density at radius 3 is 2.85 bits per heavy atom. The van der Waals surface area contributed by atoms with Gasteiger partial charge in [0.15, 0.2) is 17.7 Å². The number of hydrogen-bond donors (Lipinski definition) is 2. The molecule has 2 fully saturated rings. The van der Waals surface area contributed by atoms with Gasteiger partial charge in [0.25, 0.3) is 11.8 Å². The third-order valence-electron chi connectivity index (χ3n) is 6.58. The van der Waals surface area contributed by atoms with Gasteiger partial charge in [-0.2, -0.15) is 0 Å². The molecule has 9 heteroatoms. The highest BCUT2D eigenvalue weighted by atomic mass is 19.1. The van der Waals surface area contributed by atoms with E-state index in [1.54, 1.807) is 11.8 Å². The molecule has 3 aliphatic rings. The Balaban J connectivity index is 1.58. The number of nitrogens with one attached hydrogen (secondary N) is 1. The van der Waals surface area contributed by atoms with Crippen molar-refractivity contribution < 1.29 is 23.8 Å². The molecule has 2 N–H and O–H groups in total. The van der Waals surface area contributed by atoms with Crippen LogP contribution in [0.2, 0.25) is 0 Å². The second kappa shape index (κ2) is 9.35. The summed E-state index contributed by atoms with van der Waals surface area (Å²) in [5.74, 6) is -2.12. The van der Waals surface area contributed by atoms with Crippen LogP contribution in [0.4, 0.5) is 4.39 Å². The van der Waals surface area contributed by atoms with Crippen LogP contribution in [-0.4, -0.2) is 51.8 Å². The molecule has 2 aliphatic heterocycles. The van der Waals surface area contributed by atoms with E-state index in [4.69, 9.17) is 4.74 Å². The number of aromatic hydroxyl groups is 1. The molecular weight excluding hydrogens is 429 g/mol. The summed E-state index contributed by atoms with van der Waals surface area (Å²) in [6.45, 7) is 5.88. The van der Waals surface area contributed by atoms with Gasteiger partial charge < -0.3 is 24.6 Å². The number of carbonyl (C=O) groups is 2. The standard InChI is InChI=1S/C24H28FN3O5/c1-3-16(25)9-8-14(2)10-26-23(31)17-11-27-12-19-28(24(32)20(27)22(30)21(17)29)18-7-5-4-6-15(18)13-33-19/h3,8-9,11,15,18-19,30H,1,4-7,10,12-13H2,2H3,(H,26,31)/b14-8+,16-9+/t15-,18-,19+/m0/s1. The number of ether oxygens (including phenoxy) is 1. The van der Waals surface area contributed by atoms with Crippen molar-refractivity contribution in [2.45, 2.75) is 51.4 Å². The van der Waals surface area contributed by atoms with Crippen LogP contribution in [0.3, 0.4) is 0 Å². The van der Waals surface area contributed by atoms with Crippen molar-refractivity contribution in [3.63, 3.8) is 0 Å². The molecule has 4 rings (SSSR count). The predicted octanol–water partition coefficient (Wildman–Crippen LogP) is 2.64. The van der Waals surface area contributed by atoms with Gasteiger partial charge in [-0.15, -0.1) is 0 Å². The van der Waals surface area contributed by atoms with Crippen LogP contribution in [0.5, 0.6) is 5.75 Å². The molecule has 3 heterocycles. The Morgan fingerprint density at radius 2 is 2.09 bits per heavy atom. The Hall–Kier alpha value is -3.20. The van der Waals surface area contributed by atoms with Crippen molar-refractivity contribution >= 4 is 11.8 Å². The molecule has 3 atom stereocenters. The van der Waals surface area contributed by atoms with E-state index in [0.717, 1.165) is 31.8 Å². The Bertz CT molecular complexity index is 1110. The molecule has 0 aromatic carbocycles. The maximum absolute atomic E-state index is 13.3. The second-order valence-corrected chi connectivity index (χ2v) is 8.79. The number of carbonyl (C=O) groups excluding carboxylic acids is 2. The van der Waals surface area contributed by atoms with Gasteiger partial charge in [-0.05, 0) is 31.9 Å². The normalized spacial score (nSPS) is 25.1. The van der Waals surface area contributed by atoms with Crippen molar-refractivity contribution in [2.24, 2.45) is 5.92 Å². The summed E-state index contributed by atoms with van der Waals surface area (Å²) in [6.07, 6.45) is 8.56. The summed E-state index contributed by atoms with van der Waals surface area (Å²) in [4.78, 5) is 40.4. The lowest BCUT2D eigenvalue weighted by Crippen LogP contribution is -2.61. The summed E-state index contributed by atoms with van der Waals surface area (Å²) >= 11 is 0. The largest absolute Gasteiger partial charge is 0.503 e. The first-order chi connectivity index (χ1) is 15.8. The molecule has 176 valence electrons. The molecule has 0 radical (unpaired) electrons. The van der Waals surface area contributed by atoms with E-state index in [0.29, 0.717) is 12.2 Å². The lowest BCUT2D eigenvalue weighted by atomic mass is 9.82. The minimum absolute atomic E-state index is 0.0333. The average molecular weight is 458 g/mol. The van der Waals surface area contributed by atoms with E-state index < -0.39 is 35.0 Å². The Morgan fingerprint density at radius 1 is 1.33 bits per heavy atom. The molecule has 0 bridgehead atoms. The maximum atomic E-state index is 13.3. The number of aromatic nitrogens is 1. The van der Waals surface area contributed by atoms with Crippen molar-refractivity contribution in [1.29, 1.82) is 0 Å². The fourth-order valence-corrected chi connectivity index (χ4v) is 4.83. The molecular formula is C24H28FN3O5. The third kappa shape index (κ3) is 4.37. The molecule has 0 spiro atoms. The van der Waals surface area contributed by atoms with E-state index in [1.807, 2.05) is 0 Å². The van der Waals surface area contributed by atoms with Crippen LogP contribution in [-0.2, 0) is 11.3 Å². The zero-order valence-electron chi connectivity index (χ0n) is 18.6. The first-order valence-electron chi connectivity index (χ1n) is 11.2. The van der Waals surface area contributed by atoms with Crippen LogP contribution in [0.25, 0.3) is 0 Å². The van der Waals surface area contributed by atoms with Crippen molar-refractivity contribution in [1.82, 2.24) is 14.8 Å². The lowest BCUT2D eigenvalue weighted by Gasteiger charge is -2.50. The van der Waals surface area contributed by atoms with Crippen LogP contribution in [0, 0.1) is 5.92 Å². The van der Waals surface area contributed by atoms with E-state index >= 15 is 0 Å². The van der Waals surface area contributed by atoms with Crippen LogP contribution in [0.15, 0.2) is 47.2 Å². The van der Waals surface area contributed by atoms with Crippen LogP contribution in [0.1, 0.15) is 53.5 Å². The third-order valence-corrected chi connectivity index (χ3v) is 6.58. The highest BCUT2D eigenvalue weighted by Gasteiger charge is 2.46. The number of fused-ring (bicyclic) bond motifs is 4. The smallest absolute Gasteiger partial charge is 0.276 e. The number of hydrogen-bond acceptors (Lipinski definition) is 5. The van der Waals surface area contributed by atoms with Crippen molar-refractivity contribution in [3.05, 3.63) is 63.9 Å². The average Bonchev–Trinajstić information content (AvgIpc) is 2.82. The molecule has 1 saturated carbocycles. The topological polar surface area (TPSA) is 101 Å². The van der Waals surface area contributed by atoms with Gasteiger partial charge in [-0.1, -0.05) is 31.1 Å². The number of allylic oxidation sites excluding steroid dienone is 4. The molecule has 1 aromatic heterocycles. The van der Waals surface area contributed by atoms with Gasteiger partial charge in [0.2, 0.25) is 5.43 Å². The van der Waals surface area contributed by atoms with Gasteiger partial charge in [-0.25, -0.2) is 4.39 Å². The van der Waals surface area contributed by atoms with E-state index in [-0.39, 0.29) is 36.3 Å². The summed E-state index contributed by atoms with van der Waals surface area (Å²) < 4.78 is 20.5. The summed E-state index contributed by atoms with van der Waals surface area (Å²) in [5.41, 5.74) is -0.637. The summed E-state index contributed by atoms with van der Waals surface area (Å²) in [6, 6.07) is 0.0333. The Kier molecular flexibility index (Phi) is 6.51. The van der Waals surface area contributed by atoms with Crippen molar-refractivity contribution in [2.75, 3.05) is 13.2 Å². The number of rotatable bonds is 5. The van der Waals surface area contributed by atoms with Crippen LogP contribution >= 0.6 is 0 Å². The van der Waals surface area contributed by atoms with Gasteiger partial charge >= 0.3 is 0 Å². The first-order valence-corrected chi connectivity index (χ1v) is 11.2. The molecule has 8 nitrogen and oxygen atoms in total. The summed E-state index contributed by atoms with van der Waals surface area (Å²) in [5, 5.41) is 13.2. The number of halogens is 1. The summed E-state index contributed by atoms with van der Waals surface area (Å²) in [7, 11) is 0. The molecule has 1 saturated heterocycles. The molecule has 1 aromatic rings. The molecule has 33 heavy (non-hydrogen) atoms. The SMILES string of the molecule is C=C/C(F)=C\C=C(/C)CNC(=O)c1cn2c(c(O)c1=O)C(=O)N1[C@@H](C2)OC[C@@H]2CCCC[C@@H]21. The Labute approximate surface area is 191 Å². The highest BCUT2D eigenvalue weighted by molar-refractivity contribution is 5.99. The zero-order chi connectivity index (χ0) is 23.7. The van der Waals surface area contributed by atoms with Gasteiger partial charge in [0, 0.05) is 24.7 Å². The van der Waals surface area contributed by atoms with Gasteiger partial charge in [0.05, 0.1) is 13.2 Å². The first kappa shape index (κ1) is 23.0. The van der Waals surface area contributed by atoms with E-state index in [9.17, 15) is 23.9 Å². The van der Waals surface area contributed by atoms with E-state index in [1.165, 1.54) is 22.9 Å². The fraction of sp³-hybridized carbons (Fsp3) is 0.458. The second-order valence-electron chi connectivity index (χ2n) is 8.79. The van der Waals surface area contributed by atoms with Gasteiger partial charge in [-0.3, -0.25) is 14.4 Å². The minimum Gasteiger partial charge on any atom is -0.503 e. The maximum Gasteiger partial charge on any atom is 0.276 e. The zero-order valence-corrected chi connectivity index (χ0v) is 18.6. The van der Waals surface area contributed by atoms with Crippen LogP contribution < -0.4 is 10.7 Å².